The Kier molecular flexibility index (Phi) is 4.00. The van der Waals surface area contributed by atoms with E-state index < -0.39 is 6.10 Å². The van der Waals surface area contributed by atoms with E-state index in [9.17, 15) is 5.11 Å². The van der Waals surface area contributed by atoms with Crippen LogP contribution in [0.3, 0.4) is 0 Å². The van der Waals surface area contributed by atoms with Crippen LogP contribution in [0.4, 0.5) is 0 Å². The zero-order valence-corrected chi connectivity index (χ0v) is 14.7. The van der Waals surface area contributed by atoms with Gasteiger partial charge in [-0.2, -0.15) is 0 Å². The van der Waals surface area contributed by atoms with Crippen LogP contribution < -0.4 is 0 Å². The lowest BCUT2D eigenvalue weighted by Gasteiger charge is -2.12. The molecule has 3 rings (SSSR count). The third-order valence-corrected chi connectivity index (χ3v) is 6.21. The standard InChI is InChI=1S/C16H12Br2OS/c1-9-5-6-10(7-14(9)18)15(19)12-8-20-16-11(12)3-2-4-13(16)17/h2-8,15,19H,1H3. The monoisotopic (exact) mass is 410 g/mol. The highest BCUT2D eigenvalue weighted by molar-refractivity contribution is 9.11. The minimum Gasteiger partial charge on any atom is -0.384 e. The second-order valence-corrected chi connectivity index (χ2v) is 7.31. The third-order valence-electron chi connectivity index (χ3n) is 3.39. The molecule has 0 amide bonds. The smallest absolute Gasteiger partial charge is 0.105 e. The molecule has 3 aromatic rings. The Balaban J connectivity index is 2.10. The van der Waals surface area contributed by atoms with Gasteiger partial charge in [0.15, 0.2) is 0 Å². The summed E-state index contributed by atoms with van der Waals surface area (Å²) in [5.74, 6) is 0. The van der Waals surface area contributed by atoms with E-state index in [0.717, 1.165) is 25.5 Å². The number of aliphatic hydroxyl groups is 1. The highest BCUT2D eigenvalue weighted by Gasteiger charge is 2.16. The number of hydrogen-bond acceptors (Lipinski definition) is 2. The summed E-state index contributed by atoms with van der Waals surface area (Å²) in [5, 5.41) is 13.8. The van der Waals surface area contributed by atoms with Crippen molar-refractivity contribution < 1.29 is 5.11 Å². The molecule has 1 unspecified atom stereocenters. The number of thiophene rings is 1. The van der Waals surface area contributed by atoms with E-state index in [0.29, 0.717) is 0 Å². The van der Waals surface area contributed by atoms with Crippen LogP contribution in [0.15, 0.2) is 50.7 Å². The van der Waals surface area contributed by atoms with Gasteiger partial charge in [-0.05, 0) is 56.9 Å². The van der Waals surface area contributed by atoms with Crippen molar-refractivity contribution >= 4 is 53.3 Å². The lowest BCUT2D eigenvalue weighted by atomic mass is 10.00. The van der Waals surface area contributed by atoms with E-state index in [-0.39, 0.29) is 0 Å². The number of aryl methyl sites for hydroxylation is 1. The Labute approximate surface area is 138 Å². The van der Waals surface area contributed by atoms with Crippen LogP contribution in [0.1, 0.15) is 22.8 Å². The third kappa shape index (κ3) is 2.46. The van der Waals surface area contributed by atoms with Crippen molar-refractivity contribution in [1.82, 2.24) is 0 Å². The average molecular weight is 412 g/mol. The van der Waals surface area contributed by atoms with Crippen molar-refractivity contribution in [2.45, 2.75) is 13.0 Å². The summed E-state index contributed by atoms with van der Waals surface area (Å²) < 4.78 is 3.27. The molecule has 0 saturated heterocycles. The van der Waals surface area contributed by atoms with Crippen LogP contribution in [0.2, 0.25) is 0 Å². The molecular weight excluding hydrogens is 400 g/mol. The van der Waals surface area contributed by atoms with Crippen LogP contribution in [0.25, 0.3) is 10.1 Å². The van der Waals surface area contributed by atoms with Gasteiger partial charge >= 0.3 is 0 Å². The molecule has 1 nitrogen and oxygen atoms in total. The maximum Gasteiger partial charge on any atom is 0.105 e. The molecule has 0 radical (unpaired) electrons. The predicted molar refractivity (Wildman–Crippen MR) is 92.5 cm³/mol. The first kappa shape index (κ1) is 14.3. The molecule has 0 bridgehead atoms. The van der Waals surface area contributed by atoms with Crippen LogP contribution >= 0.6 is 43.2 Å². The lowest BCUT2D eigenvalue weighted by Crippen LogP contribution is -1.99. The molecular formula is C16H12Br2OS. The summed E-state index contributed by atoms with van der Waals surface area (Å²) in [6.45, 7) is 2.04. The second-order valence-electron chi connectivity index (χ2n) is 4.72. The number of halogens is 2. The highest BCUT2D eigenvalue weighted by atomic mass is 79.9. The molecule has 1 aromatic heterocycles. The summed E-state index contributed by atoms with van der Waals surface area (Å²) in [5.41, 5.74) is 3.03. The molecule has 20 heavy (non-hydrogen) atoms. The highest BCUT2D eigenvalue weighted by Crippen LogP contribution is 2.37. The Morgan fingerprint density at radius 1 is 1.10 bits per heavy atom. The van der Waals surface area contributed by atoms with Crippen molar-refractivity contribution in [2.24, 2.45) is 0 Å². The SMILES string of the molecule is Cc1ccc(C(O)c2csc3c(Br)cccc23)cc1Br. The summed E-state index contributed by atoms with van der Waals surface area (Å²) in [6, 6.07) is 12.1. The number of fused-ring (bicyclic) bond motifs is 1. The van der Waals surface area contributed by atoms with Crippen molar-refractivity contribution in [3.8, 4) is 0 Å². The van der Waals surface area contributed by atoms with E-state index in [2.05, 4.69) is 37.9 Å². The van der Waals surface area contributed by atoms with Gasteiger partial charge < -0.3 is 5.11 Å². The van der Waals surface area contributed by atoms with Gasteiger partial charge in [-0.3, -0.25) is 0 Å². The molecule has 0 aliphatic heterocycles. The van der Waals surface area contributed by atoms with E-state index in [1.54, 1.807) is 11.3 Å². The molecule has 4 heteroatoms. The molecule has 1 N–H and O–H groups in total. The van der Waals surface area contributed by atoms with Crippen molar-refractivity contribution in [2.75, 3.05) is 0 Å². The summed E-state index contributed by atoms with van der Waals surface area (Å²) >= 11 is 8.73. The average Bonchev–Trinajstić information content (AvgIpc) is 2.86. The Morgan fingerprint density at radius 3 is 2.65 bits per heavy atom. The molecule has 1 atom stereocenters. The fourth-order valence-electron chi connectivity index (χ4n) is 2.21. The molecule has 102 valence electrons. The summed E-state index contributed by atoms with van der Waals surface area (Å²) in [6.07, 6.45) is -0.602. The van der Waals surface area contributed by atoms with Crippen molar-refractivity contribution in [3.63, 3.8) is 0 Å². The van der Waals surface area contributed by atoms with E-state index in [4.69, 9.17) is 0 Å². The van der Waals surface area contributed by atoms with E-state index >= 15 is 0 Å². The van der Waals surface area contributed by atoms with Gasteiger partial charge in [0.2, 0.25) is 0 Å². The normalized spacial score (nSPS) is 12.8. The lowest BCUT2D eigenvalue weighted by molar-refractivity contribution is 0.222. The molecule has 2 aromatic carbocycles. The quantitative estimate of drug-likeness (QED) is 0.563. The van der Waals surface area contributed by atoms with E-state index in [1.165, 1.54) is 10.3 Å². The molecule has 0 aliphatic rings. The van der Waals surface area contributed by atoms with Gasteiger partial charge in [0, 0.05) is 19.2 Å². The van der Waals surface area contributed by atoms with Crippen molar-refractivity contribution in [3.05, 3.63) is 67.4 Å². The van der Waals surface area contributed by atoms with Gasteiger partial charge in [0.1, 0.15) is 6.10 Å². The predicted octanol–water partition coefficient (Wildman–Crippen LogP) is 5.82. The molecule has 0 fully saturated rings. The molecule has 0 spiro atoms. The molecule has 0 aliphatic carbocycles. The van der Waals surface area contributed by atoms with Gasteiger partial charge in [0.25, 0.3) is 0 Å². The topological polar surface area (TPSA) is 20.2 Å². The molecule has 1 heterocycles. The van der Waals surface area contributed by atoms with Gasteiger partial charge in [-0.15, -0.1) is 11.3 Å². The number of rotatable bonds is 2. The number of benzene rings is 2. The van der Waals surface area contributed by atoms with Gasteiger partial charge in [0.05, 0.1) is 0 Å². The Bertz CT molecular complexity index is 779. The first-order chi connectivity index (χ1) is 9.58. The van der Waals surface area contributed by atoms with Gasteiger partial charge in [-0.1, -0.05) is 40.2 Å². The second kappa shape index (κ2) is 5.60. The maximum absolute atomic E-state index is 10.7. The fraction of sp³-hybridized carbons (Fsp3) is 0.125. The zero-order chi connectivity index (χ0) is 14.3. The van der Waals surface area contributed by atoms with Gasteiger partial charge in [-0.25, -0.2) is 0 Å². The number of hydrogen-bond donors (Lipinski definition) is 1. The van der Waals surface area contributed by atoms with Crippen LogP contribution in [0, 0.1) is 6.92 Å². The first-order valence-electron chi connectivity index (χ1n) is 6.17. The minimum atomic E-state index is -0.602. The number of aliphatic hydroxyl groups excluding tert-OH is 1. The summed E-state index contributed by atoms with van der Waals surface area (Å²) in [7, 11) is 0. The largest absolute Gasteiger partial charge is 0.384 e. The van der Waals surface area contributed by atoms with E-state index in [1.807, 2.05) is 42.6 Å². The minimum absolute atomic E-state index is 0.602. The van der Waals surface area contributed by atoms with Crippen molar-refractivity contribution in [1.29, 1.82) is 0 Å². The molecule has 0 saturated carbocycles. The first-order valence-corrected chi connectivity index (χ1v) is 8.64. The summed E-state index contributed by atoms with van der Waals surface area (Å²) in [4.78, 5) is 0. The van der Waals surface area contributed by atoms with Crippen LogP contribution in [0.5, 0.6) is 0 Å². The van der Waals surface area contributed by atoms with Crippen LogP contribution in [-0.2, 0) is 0 Å². The maximum atomic E-state index is 10.7. The van der Waals surface area contributed by atoms with Crippen LogP contribution in [-0.4, -0.2) is 5.11 Å². The zero-order valence-electron chi connectivity index (χ0n) is 10.7. The Morgan fingerprint density at radius 2 is 1.90 bits per heavy atom. The fourth-order valence-corrected chi connectivity index (χ4v) is 4.25. The Hall–Kier alpha value is -0.680.